The van der Waals surface area contributed by atoms with E-state index >= 15 is 0 Å². The van der Waals surface area contributed by atoms with E-state index < -0.39 is 4.87 Å². The molecule has 3 nitrogen and oxygen atoms in total. The predicted octanol–water partition coefficient (Wildman–Crippen LogP) is 10.1. The molecule has 6 rings (SSSR count). The number of allylic oxidation sites excluding steroid dienone is 2. The summed E-state index contributed by atoms with van der Waals surface area (Å²) in [6.07, 6.45) is 0. The fourth-order valence-corrected chi connectivity index (χ4v) is 6.75. The van der Waals surface area contributed by atoms with Crippen LogP contribution < -0.4 is 0 Å². The van der Waals surface area contributed by atoms with Crippen LogP contribution in [0.4, 0.5) is 0 Å². The Bertz CT molecular complexity index is 1690. The van der Waals surface area contributed by atoms with Gasteiger partial charge < -0.3 is 0 Å². The molecule has 1 aliphatic rings. The highest BCUT2D eigenvalue weighted by molar-refractivity contribution is 8.10. The molecule has 1 unspecified atom stereocenters. The van der Waals surface area contributed by atoms with Crippen molar-refractivity contribution < 1.29 is 0 Å². The molecule has 0 spiro atoms. The summed E-state index contributed by atoms with van der Waals surface area (Å²) in [5.41, 5.74) is 18.5. The molecule has 0 saturated carbocycles. The summed E-state index contributed by atoms with van der Waals surface area (Å²) in [6.45, 7) is 0. The molecule has 1 atom stereocenters. The van der Waals surface area contributed by atoms with E-state index in [0.717, 1.165) is 49.4 Å². The maximum atomic E-state index is 10.1. The van der Waals surface area contributed by atoms with Gasteiger partial charge in [0.05, 0.1) is 0 Å². The molecule has 39 heavy (non-hydrogen) atoms. The summed E-state index contributed by atoms with van der Waals surface area (Å²) in [5, 5.41) is 4.67. The fourth-order valence-electron chi connectivity index (χ4n) is 5.23. The van der Waals surface area contributed by atoms with E-state index in [1.165, 1.54) is 0 Å². The minimum Gasteiger partial charge on any atom is -0.102 e. The van der Waals surface area contributed by atoms with Gasteiger partial charge in [-0.1, -0.05) is 157 Å². The van der Waals surface area contributed by atoms with E-state index in [0.29, 0.717) is 0 Å². The van der Waals surface area contributed by atoms with Crippen LogP contribution in [0.25, 0.3) is 32.1 Å². The topological polar surface area (TPSA) is 48.8 Å². The van der Waals surface area contributed by atoms with Gasteiger partial charge in [0.1, 0.15) is 0 Å². The van der Waals surface area contributed by atoms with Crippen LogP contribution in [0, 0.1) is 0 Å². The van der Waals surface area contributed by atoms with Gasteiger partial charge >= 0.3 is 0 Å². The monoisotopic (exact) mass is 519 g/mol. The van der Waals surface area contributed by atoms with Gasteiger partial charge in [0.15, 0.2) is 4.87 Å². The summed E-state index contributed by atoms with van der Waals surface area (Å²) < 4.78 is 0. The first kappa shape index (κ1) is 24.6. The van der Waals surface area contributed by atoms with Gasteiger partial charge in [-0.2, -0.15) is 0 Å². The van der Waals surface area contributed by atoms with E-state index in [1.54, 1.807) is 11.8 Å². The van der Waals surface area contributed by atoms with E-state index in [-0.39, 0.29) is 0 Å². The molecular formula is C35H25N3S. The van der Waals surface area contributed by atoms with Crippen molar-refractivity contribution in [3.63, 3.8) is 0 Å². The lowest BCUT2D eigenvalue weighted by Crippen LogP contribution is -2.26. The van der Waals surface area contributed by atoms with Gasteiger partial charge in [-0.25, -0.2) is 0 Å². The zero-order valence-electron chi connectivity index (χ0n) is 21.2. The second kappa shape index (κ2) is 10.9. The molecule has 0 aliphatic carbocycles. The van der Waals surface area contributed by atoms with Crippen LogP contribution in [0.5, 0.6) is 0 Å². The molecule has 0 aromatic heterocycles. The molecule has 0 bridgehead atoms. The predicted molar refractivity (Wildman–Crippen MR) is 164 cm³/mol. The van der Waals surface area contributed by atoms with Crippen molar-refractivity contribution in [3.05, 3.63) is 190 Å². The van der Waals surface area contributed by atoms with Crippen LogP contribution in [0.3, 0.4) is 0 Å². The fraction of sp³-hybridized carbons (Fsp3) is 0.0286. The average molecular weight is 520 g/mol. The van der Waals surface area contributed by atoms with Crippen LogP contribution >= 0.6 is 11.8 Å². The first-order valence-corrected chi connectivity index (χ1v) is 13.7. The van der Waals surface area contributed by atoms with Crippen LogP contribution in [0.15, 0.2) is 157 Å². The third kappa shape index (κ3) is 4.57. The Morgan fingerprint density at radius 1 is 0.487 bits per heavy atom. The molecule has 1 heterocycles. The Morgan fingerprint density at radius 3 is 1.38 bits per heavy atom. The van der Waals surface area contributed by atoms with E-state index in [4.69, 9.17) is 0 Å². The number of hydrogen-bond acceptors (Lipinski definition) is 2. The van der Waals surface area contributed by atoms with Gasteiger partial charge in [0.2, 0.25) is 0 Å². The average Bonchev–Trinajstić information content (AvgIpc) is 3.02. The highest BCUT2D eigenvalue weighted by atomic mass is 32.2. The van der Waals surface area contributed by atoms with Crippen molar-refractivity contribution in [2.24, 2.45) is 5.11 Å². The number of azide groups is 1. The maximum absolute atomic E-state index is 10.1. The van der Waals surface area contributed by atoms with Crippen LogP contribution in [-0.2, 0) is 4.87 Å². The lowest BCUT2D eigenvalue weighted by atomic mass is 9.80. The molecule has 0 N–H and O–H groups in total. The molecular weight excluding hydrogens is 494 g/mol. The molecule has 5 aromatic carbocycles. The minimum atomic E-state index is -1.05. The molecule has 0 fully saturated rings. The van der Waals surface area contributed by atoms with Crippen LogP contribution in [0.2, 0.25) is 0 Å². The second-order valence-corrected chi connectivity index (χ2v) is 10.4. The van der Waals surface area contributed by atoms with Gasteiger partial charge in [-0.15, -0.1) is 11.8 Å². The van der Waals surface area contributed by atoms with Gasteiger partial charge in [0, 0.05) is 15.4 Å². The largest absolute Gasteiger partial charge is 0.150 e. The van der Waals surface area contributed by atoms with E-state index in [9.17, 15) is 5.53 Å². The number of rotatable bonds is 6. The van der Waals surface area contributed by atoms with Crippen molar-refractivity contribution in [1.29, 1.82) is 0 Å². The quantitative estimate of drug-likeness (QED) is 0.125. The summed E-state index contributed by atoms with van der Waals surface area (Å²) in [5.74, 6) is 0. The highest BCUT2D eigenvalue weighted by Crippen LogP contribution is 2.63. The van der Waals surface area contributed by atoms with Crippen molar-refractivity contribution in [3.8, 4) is 0 Å². The standard InChI is InChI=1S/C35H25N3S/c36-38-37-35(30-24-14-5-15-25-30)33(28-20-10-3-11-21-28)31(26-16-6-1-7-17-26)32(27-18-8-2-9-19-27)34(39-35)29-22-12-4-13-23-29/h1-25H. The molecule has 0 saturated heterocycles. The highest BCUT2D eigenvalue weighted by Gasteiger charge is 2.45. The third-order valence-electron chi connectivity index (χ3n) is 6.89. The zero-order chi connectivity index (χ0) is 26.5. The SMILES string of the molecule is [N-]=[N+]=NC1(c2ccccc2)SC(c2ccccc2)=C(c2ccccc2)C(c2ccccc2)=C1c1ccccc1. The lowest BCUT2D eigenvalue weighted by Gasteiger charge is -2.40. The van der Waals surface area contributed by atoms with Crippen LogP contribution in [0.1, 0.15) is 27.8 Å². The minimum absolute atomic E-state index is 0.931. The van der Waals surface area contributed by atoms with Crippen molar-refractivity contribution in [2.75, 3.05) is 0 Å². The molecule has 0 amide bonds. The second-order valence-electron chi connectivity index (χ2n) is 9.22. The zero-order valence-corrected chi connectivity index (χ0v) is 22.0. The van der Waals surface area contributed by atoms with E-state index in [1.807, 2.05) is 54.6 Å². The number of benzene rings is 5. The molecule has 4 heteroatoms. The van der Waals surface area contributed by atoms with Crippen molar-refractivity contribution in [1.82, 2.24) is 0 Å². The lowest BCUT2D eigenvalue weighted by molar-refractivity contribution is 0.843. The summed E-state index contributed by atoms with van der Waals surface area (Å²) in [4.78, 5) is 3.50. The van der Waals surface area contributed by atoms with Crippen molar-refractivity contribution >= 4 is 33.4 Å². The third-order valence-corrected chi connectivity index (χ3v) is 8.35. The molecule has 1 aliphatic heterocycles. The van der Waals surface area contributed by atoms with Gasteiger partial charge in [0.25, 0.3) is 0 Å². The molecule has 5 aromatic rings. The number of hydrogen-bond donors (Lipinski definition) is 0. The van der Waals surface area contributed by atoms with Crippen molar-refractivity contribution in [2.45, 2.75) is 4.87 Å². The normalized spacial score (nSPS) is 17.0. The van der Waals surface area contributed by atoms with E-state index in [2.05, 4.69) is 107 Å². The first-order chi connectivity index (χ1) is 19.3. The molecule has 186 valence electrons. The van der Waals surface area contributed by atoms with Crippen LogP contribution in [-0.4, -0.2) is 0 Å². The molecule has 0 radical (unpaired) electrons. The first-order valence-electron chi connectivity index (χ1n) is 12.8. The summed E-state index contributed by atoms with van der Waals surface area (Å²) >= 11 is 1.62. The Labute approximate surface area is 232 Å². The smallest absolute Gasteiger partial charge is 0.102 e. The summed E-state index contributed by atoms with van der Waals surface area (Å²) in [6, 6.07) is 51.8. The Hall–Kier alpha value is -4.76. The maximum Gasteiger partial charge on any atom is 0.150 e. The summed E-state index contributed by atoms with van der Waals surface area (Å²) in [7, 11) is 0. The Balaban J connectivity index is 1.85. The number of thioether (sulfide) groups is 1. The number of nitrogens with zero attached hydrogens (tertiary/aromatic N) is 3. The Morgan fingerprint density at radius 2 is 0.897 bits per heavy atom. The van der Waals surface area contributed by atoms with Gasteiger partial charge in [-0.05, 0) is 44.5 Å². The Kier molecular flexibility index (Phi) is 6.88. The van der Waals surface area contributed by atoms with Gasteiger partial charge in [-0.3, -0.25) is 0 Å².